The minimum Gasteiger partial charge on any atom is -0.324 e. The molecule has 1 amide bonds. The molecule has 25 heavy (non-hydrogen) atoms. The predicted octanol–water partition coefficient (Wildman–Crippen LogP) is 4.18. The van der Waals surface area contributed by atoms with Crippen molar-refractivity contribution in [3.05, 3.63) is 65.2 Å². The van der Waals surface area contributed by atoms with Crippen LogP contribution in [-0.4, -0.2) is 20.9 Å². The lowest BCUT2D eigenvalue weighted by atomic mass is 10.1. The number of aryl methyl sites for hydroxylation is 1. The van der Waals surface area contributed by atoms with E-state index in [9.17, 15) is 4.79 Å². The van der Waals surface area contributed by atoms with Crippen LogP contribution in [0.5, 0.6) is 0 Å². The molecular weight excluding hydrogens is 332 g/mol. The van der Waals surface area contributed by atoms with Crippen molar-refractivity contribution in [1.82, 2.24) is 15.0 Å². The molecule has 0 fully saturated rings. The molecule has 4 rings (SSSR count). The fourth-order valence-electron chi connectivity index (χ4n) is 2.65. The van der Waals surface area contributed by atoms with E-state index in [0.717, 1.165) is 27.3 Å². The number of aromatic amines is 1. The lowest BCUT2D eigenvalue weighted by molar-refractivity contribution is -0.115. The first-order chi connectivity index (χ1) is 12.2. The number of imidazole rings is 1. The SMILES string of the molecule is Cc1cccc(-c2nc(CC(=O)Nc3nc4ccccc4[nH]3)cs2)c1. The van der Waals surface area contributed by atoms with Crippen molar-refractivity contribution >= 4 is 34.2 Å². The van der Waals surface area contributed by atoms with Crippen LogP contribution in [0.3, 0.4) is 0 Å². The molecule has 0 spiro atoms. The Hall–Kier alpha value is -2.99. The first-order valence-corrected chi connectivity index (χ1v) is 8.81. The van der Waals surface area contributed by atoms with Crippen LogP contribution in [0, 0.1) is 6.92 Å². The summed E-state index contributed by atoms with van der Waals surface area (Å²) in [6, 6.07) is 15.9. The normalized spacial score (nSPS) is 10.9. The molecule has 0 radical (unpaired) electrons. The highest BCUT2D eigenvalue weighted by Gasteiger charge is 2.11. The minimum atomic E-state index is -0.139. The Balaban J connectivity index is 1.46. The van der Waals surface area contributed by atoms with E-state index in [-0.39, 0.29) is 12.3 Å². The number of fused-ring (bicyclic) bond motifs is 1. The van der Waals surface area contributed by atoms with Crippen molar-refractivity contribution in [2.75, 3.05) is 5.32 Å². The summed E-state index contributed by atoms with van der Waals surface area (Å²) in [4.78, 5) is 24.3. The summed E-state index contributed by atoms with van der Waals surface area (Å²) in [6.45, 7) is 2.05. The van der Waals surface area contributed by atoms with Crippen LogP contribution in [0.2, 0.25) is 0 Å². The van der Waals surface area contributed by atoms with E-state index >= 15 is 0 Å². The molecule has 0 unspecified atom stereocenters. The maximum atomic E-state index is 12.3. The Kier molecular flexibility index (Phi) is 4.03. The second kappa shape index (κ2) is 6.49. The van der Waals surface area contributed by atoms with Crippen LogP contribution >= 0.6 is 11.3 Å². The highest BCUT2D eigenvalue weighted by Crippen LogP contribution is 2.24. The topological polar surface area (TPSA) is 70.7 Å². The summed E-state index contributed by atoms with van der Waals surface area (Å²) >= 11 is 1.55. The molecule has 5 nitrogen and oxygen atoms in total. The number of hydrogen-bond donors (Lipinski definition) is 2. The van der Waals surface area contributed by atoms with Crippen molar-refractivity contribution < 1.29 is 4.79 Å². The zero-order valence-corrected chi connectivity index (χ0v) is 14.4. The predicted molar refractivity (Wildman–Crippen MR) is 101 cm³/mol. The maximum absolute atomic E-state index is 12.3. The van der Waals surface area contributed by atoms with Crippen LogP contribution < -0.4 is 5.32 Å². The first-order valence-electron chi connectivity index (χ1n) is 7.93. The first kappa shape index (κ1) is 15.5. The molecule has 2 aromatic heterocycles. The van der Waals surface area contributed by atoms with Gasteiger partial charge >= 0.3 is 0 Å². The number of rotatable bonds is 4. The summed E-state index contributed by atoms with van der Waals surface area (Å²) < 4.78 is 0. The largest absolute Gasteiger partial charge is 0.324 e. The molecule has 0 aliphatic rings. The van der Waals surface area contributed by atoms with Gasteiger partial charge in [-0.1, -0.05) is 35.9 Å². The average Bonchev–Trinajstić information content (AvgIpc) is 3.21. The number of amides is 1. The summed E-state index contributed by atoms with van der Waals surface area (Å²) in [5.41, 5.74) is 4.75. The van der Waals surface area contributed by atoms with Crippen LogP contribution in [0.4, 0.5) is 5.95 Å². The monoisotopic (exact) mass is 348 g/mol. The third-order valence-electron chi connectivity index (χ3n) is 3.81. The molecule has 0 aliphatic carbocycles. The second-order valence-corrected chi connectivity index (χ2v) is 6.70. The lowest BCUT2D eigenvalue weighted by Gasteiger charge is -2.00. The van der Waals surface area contributed by atoms with Gasteiger partial charge in [-0.2, -0.15) is 0 Å². The Labute approximate surface area is 148 Å². The van der Waals surface area contributed by atoms with Crippen molar-refractivity contribution in [3.63, 3.8) is 0 Å². The Morgan fingerprint density at radius 2 is 2.04 bits per heavy atom. The van der Waals surface area contributed by atoms with E-state index in [2.05, 4.69) is 39.3 Å². The van der Waals surface area contributed by atoms with E-state index in [1.165, 1.54) is 5.56 Å². The number of anilines is 1. The highest BCUT2D eigenvalue weighted by molar-refractivity contribution is 7.13. The summed E-state index contributed by atoms with van der Waals surface area (Å²) in [5, 5.41) is 5.65. The van der Waals surface area contributed by atoms with E-state index < -0.39 is 0 Å². The molecule has 2 heterocycles. The van der Waals surface area contributed by atoms with E-state index in [1.54, 1.807) is 11.3 Å². The van der Waals surface area contributed by atoms with Gasteiger partial charge in [-0.05, 0) is 25.1 Å². The number of carbonyl (C=O) groups excluding carboxylic acids is 1. The van der Waals surface area contributed by atoms with Crippen molar-refractivity contribution in [2.24, 2.45) is 0 Å². The zero-order valence-electron chi connectivity index (χ0n) is 13.6. The lowest BCUT2D eigenvalue weighted by Crippen LogP contribution is -2.15. The van der Waals surface area contributed by atoms with Crippen LogP contribution in [0.25, 0.3) is 21.6 Å². The smallest absolute Gasteiger partial charge is 0.232 e. The molecule has 0 saturated carbocycles. The number of nitrogens with zero attached hydrogens (tertiary/aromatic N) is 2. The molecule has 0 saturated heterocycles. The van der Waals surface area contributed by atoms with Gasteiger partial charge in [0, 0.05) is 10.9 Å². The standard InChI is InChI=1S/C19H16N4OS/c1-12-5-4-6-13(9-12)18-20-14(11-25-18)10-17(24)23-19-21-15-7-2-3-8-16(15)22-19/h2-9,11H,10H2,1H3,(H2,21,22,23,24). The third kappa shape index (κ3) is 3.44. The van der Waals surface area contributed by atoms with Gasteiger partial charge in [-0.3, -0.25) is 10.1 Å². The third-order valence-corrected chi connectivity index (χ3v) is 4.75. The van der Waals surface area contributed by atoms with E-state index in [1.807, 2.05) is 41.8 Å². The fourth-order valence-corrected chi connectivity index (χ4v) is 3.47. The van der Waals surface area contributed by atoms with E-state index in [4.69, 9.17) is 0 Å². The molecule has 0 atom stereocenters. The van der Waals surface area contributed by atoms with E-state index in [0.29, 0.717) is 5.95 Å². The van der Waals surface area contributed by atoms with Gasteiger partial charge in [0.15, 0.2) is 0 Å². The Bertz CT molecular complexity index is 1020. The minimum absolute atomic E-state index is 0.139. The molecular formula is C19H16N4OS. The summed E-state index contributed by atoms with van der Waals surface area (Å²) in [7, 11) is 0. The summed E-state index contributed by atoms with van der Waals surface area (Å²) in [5.74, 6) is 0.320. The number of carbonyl (C=O) groups is 1. The Morgan fingerprint density at radius 3 is 2.88 bits per heavy atom. The van der Waals surface area contributed by atoms with Crippen LogP contribution in [-0.2, 0) is 11.2 Å². The van der Waals surface area contributed by atoms with Gasteiger partial charge in [0.1, 0.15) is 5.01 Å². The number of thiazole rings is 1. The van der Waals surface area contributed by atoms with Crippen LogP contribution in [0.1, 0.15) is 11.3 Å². The highest BCUT2D eigenvalue weighted by atomic mass is 32.1. The van der Waals surface area contributed by atoms with Crippen molar-refractivity contribution in [1.29, 1.82) is 0 Å². The fraction of sp³-hybridized carbons (Fsp3) is 0.105. The van der Waals surface area contributed by atoms with Gasteiger partial charge in [0.05, 0.1) is 23.1 Å². The van der Waals surface area contributed by atoms with Crippen LogP contribution in [0.15, 0.2) is 53.9 Å². The van der Waals surface area contributed by atoms with Crippen molar-refractivity contribution in [2.45, 2.75) is 13.3 Å². The maximum Gasteiger partial charge on any atom is 0.232 e. The number of hydrogen-bond acceptors (Lipinski definition) is 4. The Morgan fingerprint density at radius 1 is 1.16 bits per heavy atom. The number of H-pyrrole nitrogens is 1. The molecule has 0 aliphatic heterocycles. The molecule has 124 valence electrons. The number of benzene rings is 2. The molecule has 2 aromatic carbocycles. The second-order valence-electron chi connectivity index (χ2n) is 5.84. The number of aromatic nitrogens is 3. The molecule has 2 N–H and O–H groups in total. The van der Waals surface area contributed by atoms with Gasteiger partial charge in [-0.25, -0.2) is 9.97 Å². The molecule has 6 heteroatoms. The van der Waals surface area contributed by atoms with Gasteiger partial charge < -0.3 is 4.98 Å². The van der Waals surface area contributed by atoms with Gasteiger partial charge in [0.2, 0.25) is 11.9 Å². The number of para-hydroxylation sites is 2. The molecule has 0 bridgehead atoms. The van der Waals surface area contributed by atoms with Crippen molar-refractivity contribution in [3.8, 4) is 10.6 Å². The number of nitrogens with one attached hydrogen (secondary N) is 2. The summed E-state index contributed by atoms with van der Waals surface area (Å²) in [6.07, 6.45) is 0.222. The quantitative estimate of drug-likeness (QED) is 0.581. The van der Waals surface area contributed by atoms with Gasteiger partial charge in [0.25, 0.3) is 0 Å². The molecule has 4 aromatic rings. The zero-order chi connectivity index (χ0) is 17.2. The average molecular weight is 348 g/mol. The van der Waals surface area contributed by atoms with Gasteiger partial charge in [-0.15, -0.1) is 11.3 Å².